The van der Waals surface area contributed by atoms with Gasteiger partial charge in [-0.1, -0.05) is 0 Å². The van der Waals surface area contributed by atoms with Crippen molar-refractivity contribution in [3.05, 3.63) is 35.0 Å². The van der Waals surface area contributed by atoms with Crippen LogP contribution < -0.4 is 5.56 Å². The molecule has 0 saturated carbocycles. The maximum Gasteiger partial charge on any atom is 0.254 e. The second-order valence-corrected chi connectivity index (χ2v) is 2.35. The fraction of sp³-hybridized carbons (Fsp3) is 0.143. The van der Waals surface area contributed by atoms with Crippen LogP contribution in [0.15, 0.2) is 29.5 Å². The highest BCUT2D eigenvalue weighted by atomic mass is 16.1. The molecule has 4 heteroatoms. The highest BCUT2D eigenvalue weighted by molar-refractivity contribution is 5.27. The number of nitrogens with zero attached hydrogens (tertiary/aromatic N) is 3. The second kappa shape index (κ2) is 1.95. The first kappa shape index (κ1) is 6.15. The molecule has 0 fully saturated rings. The van der Waals surface area contributed by atoms with Crippen molar-refractivity contribution in [1.29, 1.82) is 0 Å². The molecule has 0 aliphatic rings. The van der Waals surface area contributed by atoms with Crippen molar-refractivity contribution in [2.24, 2.45) is 7.05 Å². The van der Waals surface area contributed by atoms with Gasteiger partial charge in [0.1, 0.15) is 0 Å². The van der Waals surface area contributed by atoms with Crippen molar-refractivity contribution < 1.29 is 0 Å². The van der Waals surface area contributed by atoms with Crippen LogP contribution in [0.3, 0.4) is 0 Å². The van der Waals surface area contributed by atoms with Crippen molar-refractivity contribution in [1.82, 2.24) is 14.0 Å². The van der Waals surface area contributed by atoms with Gasteiger partial charge in [0, 0.05) is 31.7 Å². The Morgan fingerprint density at radius 2 is 2.27 bits per heavy atom. The normalized spacial score (nSPS) is 10.6. The van der Waals surface area contributed by atoms with Crippen molar-refractivity contribution in [2.45, 2.75) is 0 Å². The quantitative estimate of drug-likeness (QED) is 0.530. The third-order valence-corrected chi connectivity index (χ3v) is 1.66. The molecule has 0 amide bonds. The van der Waals surface area contributed by atoms with Gasteiger partial charge in [-0.05, 0) is 0 Å². The summed E-state index contributed by atoms with van der Waals surface area (Å²) in [5, 5.41) is 0. The molecule has 2 aromatic rings. The zero-order chi connectivity index (χ0) is 7.84. The van der Waals surface area contributed by atoms with Crippen LogP contribution in [0.1, 0.15) is 0 Å². The molecule has 2 heterocycles. The Kier molecular flexibility index (Phi) is 1.09. The van der Waals surface area contributed by atoms with Gasteiger partial charge in [0.2, 0.25) is 5.78 Å². The highest BCUT2D eigenvalue weighted by Gasteiger charge is 1.96. The van der Waals surface area contributed by atoms with E-state index in [4.69, 9.17) is 0 Å². The van der Waals surface area contributed by atoms with E-state index in [2.05, 4.69) is 4.98 Å². The van der Waals surface area contributed by atoms with E-state index in [1.54, 1.807) is 30.0 Å². The minimum atomic E-state index is -0.0382. The highest BCUT2D eigenvalue weighted by Crippen LogP contribution is 1.93. The van der Waals surface area contributed by atoms with Gasteiger partial charge in [0.05, 0.1) is 0 Å². The molecule has 0 radical (unpaired) electrons. The molecule has 0 saturated heterocycles. The average Bonchev–Trinajstić information content (AvgIpc) is 2.45. The van der Waals surface area contributed by atoms with Gasteiger partial charge in [-0.3, -0.25) is 13.8 Å². The lowest BCUT2D eigenvalue weighted by molar-refractivity contribution is 0.843. The van der Waals surface area contributed by atoms with E-state index < -0.39 is 0 Å². The number of hydrogen-bond donors (Lipinski definition) is 0. The van der Waals surface area contributed by atoms with Gasteiger partial charge in [-0.2, -0.15) is 0 Å². The smallest absolute Gasteiger partial charge is 0.254 e. The minimum Gasteiger partial charge on any atom is -0.292 e. The van der Waals surface area contributed by atoms with Crippen LogP contribution in [-0.2, 0) is 7.05 Å². The predicted molar refractivity (Wildman–Crippen MR) is 40.4 cm³/mol. The van der Waals surface area contributed by atoms with Gasteiger partial charge >= 0.3 is 0 Å². The maximum atomic E-state index is 11.0. The SMILES string of the molecule is Cn1c(=O)ccn2ccnc12. The summed E-state index contributed by atoms with van der Waals surface area (Å²) in [7, 11) is 1.70. The lowest BCUT2D eigenvalue weighted by Crippen LogP contribution is -2.17. The first-order valence-corrected chi connectivity index (χ1v) is 3.28. The van der Waals surface area contributed by atoms with E-state index >= 15 is 0 Å². The van der Waals surface area contributed by atoms with E-state index in [-0.39, 0.29) is 5.56 Å². The molecule has 0 spiro atoms. The van der Waals surface area contributed by atoms with E-state index in [1.807, 2.05) is 0 Å². The van der Waals surface area contributed by atoms with Crippen LogP contribution in [0.5, 0.6) is 0 Å². The average molecular weight is 149 g/mol. The summed E-state index contributed by atoms with van der Waals surface area (Å²) in [6, 6.07) is 1.51. The summed E-state index contributed by atoms with van der Waals surface area (Å²) in [6.45, 7) is 0. The predicted octanol–water partition coefficient (Wildman–Crippen LogP) is 0.0330. The van der Waals surface area contributed by atoms with E-state index in [0.717, 1.165) is 0 Å². The molecule has 2 rings (SSSR count). The lowest BCUT2D eigenvalue weighted by atomic mass is 10.6. The Balaban J connectivity index is 3.04. The number of fused-ring (bicyclic) bond motifs is 1. The Morgan fingerprint density at radius 1 is 1.45 bits per heavy atom. The first-order valence-electron chi connectivity index (χ1n) is 3.28. The third-order valence-electron chi connectivity index (χ3n) is 1.66. The monoisotopic (exact) mass is 149 g/mol. The molecule has 0 bridgehead atoms. The van der Waals surface area contributed by atoms with Crippen molar-refractivity contribution >= 4 is 5.78 Å². The van der Waals surface area contributed by atoms with Crippen LogP contribution in [0.25, 0.3) is 5.78 Å². The molecular weight excluding hydrogens is 142 g/mol. The van der Waals surface area contributed by atoms with E-state index in [9.17, 15) is 4.79 Å². The van der Waals surface area contributed by atoms with E-state index in [1.165, 1.54) is 10.6 Å². The van der Waals surface area contributed by atoms with Gasteiger partial charge < -0.3 is 0 Å². The Hall–Kier alpha value is -1.58. The number of rotatable bonds is 0. The molecule has 0 unspecified atom stereocenters. The molecule has 0 aromatic carbocycles. The fourth-order valence-corrected chi connectivity index (χ4v) is 1.04. The fourth-order valence-electron chi connectivity index (χ4n) is 1.04. The molecular formula is C7H7N3O. The molecule has 4 nitrogen and oxygen atoms in total. The summed E-state index contributed by atoms with van der Waals surface area (Å²) in [6.07, 6.45) is 5.16. The van der Waals surface area contributed by atoms with Crippen LogP contribution >= 0.6 is 0 Å². The molecule has 56 valence electrons. The number of aryl methyl sites for hydroxylation is 1. The van der Waals surface area contributed by atoms with Gasteiger partial charge in [0.25, 0.3) is 5.56 Å². The number of imidazole rings is 1. The summed E-state index contributed by atoms with van der Waals surface area (Å²) in [5.41, 5.74) is -0.0382. The molecule has 11 heavy (non-hydrogen) atoms. The molecule has 0 aliphatic heterocycles. The van der Waals surface area contributed by atoms with Crippen LogP contribution in [0.2, 0.25) is 0 Å². The Bertz CT molecular complexity index is 440. The number of hydrogen-bond acceptors (Lipinski definition) is 2. The standard InChI is InChI=1S/C7H7N3O/c1-9-6(11)2-4-10-5-3-8-7(9)10/h2-5H,1H3. The first-order chi connectivity index (χ1) is 5.29. The minimum absolute atomic E-state index is 0.0382. The topological polar surface area (TPSA) is 39.3 Å². The molecule has 0 N–H and O–H groups in total. The van der Waals surface area contributed by atoms with Gasteiger partial charge in [-0.15, -0.1) is 0 Å². The summed E-state index contributed by atoms with van der Waals surface area (Å²) >= 11 is 0. The molecule has 0 aliphatic carbocycles. The lowest BCUT2D eigenvalue weighted by Gasteiger charge is -1.97. The summed E-state index contributed by atoms with van der Waals surface area (Å²) < 4.78 is 3.29. The van der Waals surface area contributed by atoms with Crippen molar-refractivity contribution in [3.8, 4) is 0 Å². The van der Waals surface area contributed by atoms with E-state index in [0.29, 0.717) is 5.78 Å². The van der Waals surface area contributed by atoms with Crippen LogP contribution in [-0.4, -0.2) is 14.0 Å². The Morgan fingerprint density at radius 3 is 3.09 bits per heavy atom. The molecule has 2 aromatic heterocycles. The van der Waals surface area contributed by atoms with Gasteiger partial charge in [-0.25, -0.2) is 4.98 Å². The van der Waals surface area contributed by atoms with Crippen molar-refractivity contribution in [3.63, 3.8) is 0 Å². The molecule has 0 atom stereocenters. The number of aromatic nitrogens is 3. The zero-order valence-electron chi connectivity index (χ0n) is 6.06. The summed E-state index contributed by atoms with van der Waals surface area (Å²) in [5.74, 6) is 0.664. The summed E-state index contributed by atoms with van der Waals surface area (Å²) in [4.78, 5) is 15.0. The largest absolute Gasteiger partial charge is 0.292 e. The maximum absolute atomic E-state index is 11.0. The zero-order valence-corrected chi connectivity index (χ0v) is 6.06. The Labute approximate surface area is 62.7 Å². The second-order valence-electron chi connectivity index (χ2n) is 2.35. The van der Waals surface area contributed by atoms with Crippen LogP contribution in [0, 0.1) is 0 Å². The van der Waals surface area contributed by atoms with Crippen molar-refractivity contribution in [2.75, 3.05) is 0 Å². The van der Waals surface area contributed by atoms with Crippen LogP contribution in [0.4, 0.5) is 0 Å². The third kappa shape index (κ3) is 0.756. The van der Waals surface area contributed by atoms with Gasteiger partial charge in [0.15, 0.2) is 0 Å².